The van der Waals surface area contributed by atoms with Crippen molar-refractivity contribution in [3.05, 3.63) is 0 Å². The highest BCUT2D eigenvalue weighted by molar-refractivity contribution is 5.91. The smallest absolute Gasteiger partial charge is 0.410 e. The fraction of sp³-hybridized carbons (Fsp3) is 0.769. The number of hydrogen-bond acceptors (Lipinski definition) is 6. The first-order chi connectivity index (χ1) is 9.23. The Morgan fingerprint density at radius 2 is 2.05 bits per heavy atom. The molecule has 0 aliphatic carbocycles. The number of carbonyl (C=O) groups is 2. The van der Waals surface area contributed by atoms with Crippen molar-refractivity contribution in [2.75, 3.05) is 26.7 Å². The van der Waals surface area contributed by atoms with Crippen molar-refractivity contribution in [1.82, 2.24) is 10.2 Å². The molecule has 1 unspecified atom stereocenters. The van der Waals surface area contributed by atoms with Gasteiger partial charge < -0.3 is 14.8 Å². The highest BCUT2D eigenvalue weighted by atomic mass is 16.6. The second-order valence-electron chi connectivity index (χ2n) is 5.62. The summed E-state index contributed by atoms with van der Waals surface area (Å²) in [5, 5.41) is 2.94. The van der Waals surface area contributed by atoms with E-state index in [4.69, 9.17) is 4.74 Å². The van der Waals surface area contributed by atoms with Crippen LogP contribution in [0.4, 0.5) is 4.79 Å². The molecular formula is C13H23N3O4. The maximum Gasteiger partial charge on any atom is 0.410 e. The van der Waals surface area contributed by atoms with Crippen LogP contribution in [0.15, 0.2) is 4.99 Å². The molecule has 1 aliphatic rings. The zero-order chi connectivity index (χ0) is 15.3. The van der Waals surface area contributed by atoms with Gasteiger partial charge in [0, 0.05) is 6.54 Å². The number of ether oxygens (including phenoxy) is 2. The third-order valence-electron chi connectivity index (χ3n) is 2.60. The van der Waals surface area contributed by atoms with Crippen LogP contribution in [0, 0.1) is 0 Å². The molecule has 7 heteroatoms. The number of amides is 1. The van der Waals surface area contributed by atoms with Gasteiger partial charge in [-0.05, 0) is 27.7 Å². The van der Waals surface area contributed by atoms with E-state index in [2.05, 4.69) is 15.0 Å². The van der Waals surface area contributed by atoms with Crippen LogP contribution in [0.25, 0.3) is 0 Å². The molecule has 0 spiro atoms. The summed E-state index contributed by atoms with van der Waals surface area (Å²) in [7, 11) is 1.33. The van der Waals surface area contributed by atoms with E-state index >= 15 is 0 Å². The molecule has 20 heavy (non-hydrogen) atoms. The van der Waals surface area contributed by atoms with Crippen molar-refractivity contribution in [2.24, 2.45) is 4.99 Å². The summed E-state index contributed by atoms with van der Waals surface area (Å²) < 4.78 is 9.94. The third kappa shape index (κ3) is 5.07. The average molecular weight is 285 g/mol. The van der Waals surface area contributed by atoms with Crippen LogP contribution in [0.2, 0.25) is 0 Å². The molecule has 1 heterocycles. The Labute approximate surface area is 119 Å². The Balaban J connectivity index is 2.56. The normalized spacial score (nSPS) is 17.1. The minimum absolute atomic E-state index is 0.302. The van der Waals surface area contributed by atoms with Gasteiger partial charge in [0.05, 0.1) is 20.2 Å². The topological polar surface area (TPSA) is 80.2 Å². The van der Waals surface area contributed by atoms with Crippen LogP contribution in [0.5, 0.6) is 0 Å². The maximum atomic E-state index is 12.0. The minimum Gasteiger partial charge on any atom is -0.467 e. The largest absolute Gasteiger partial charge is 0.467 e. The Morgan fingerprint density at radius 3 is 2.60 bits per heavy atom. The molecule has 0 radical (unpaired) electrons. The fourth-order valence-electron chi connectivity index (χ4n) is 1.67. The molecule has 0 bridgehead atoms. The standard InChI is InChI=1S/C13H23N3O4/c1-9(11(17)19-5)15-10-8-16(7-6-14-10)12(18)20-13(2,3)4/h9H,6-8H2,1-5H3,(H,14,15). The Morgan fingerprint density at radius 1 is 1.40 bits per heavy atom. The second kappa shape index (κ2) is 6.58. The molecule has 1 atom stereocenters. The molecule has 1 N–H and O–H groups in total. The van der Waals surface area contributed by atoms with E-state index in [0.717, 1.165) is 0 Å². The number of nitrogens with one attached hydrogen (secondary N) is 1. The quantitative estimate of drug-likeness (QED) is 0.759. The van der Waals surface area contributed by atoms with Gasteiger partial charge >= 0.3 is 12.1 Å². The first kappa shape index (κ1) is 16.3. The van der Waals surface area contributed by atoms with Crippen molar-refractivity contribution in [2.45, 2.75) is 39.3 Å². The third-order valence-corrected chi connectivity index (χ3v) is 2.60. The van der Waals surface area contributed by atoms with Gasteiger partial charge in [-0.1, -0.05) is 0 Å². The zero-order valence-corrected chi connectivity index (χ0v) is 12.7. The lowest BCUT2D eigenvalue weighted by Crippen LogP contribution is -2.50. The number of esters is 1. The van der Waals surface area contributed by atoms with E-state index in [1.165, 1.54) is 7.11 Å². The van der Waals surface area contributed by atoms with Gasteiger partial charge in [0.15, 0.2) is 0 Å². The van der Waals surface area contributed by atoms with Crippen molar-refractivity contribution < 1.29 is 19.1 Å². The van der Waals surface area contributed by atoms with Gasteiger partial charge in [0.1, 0.15) is 17.5 Å². The summed E-state index contributed by atoms with van der Waals surface area (Å²) in [6.07, 6.45) is -0.377. The molecule has 0 aromatic rings. The Hall–Kier alpha value is -1.79. The van der Waals surface area contributed by atoms with E-state index in [-0.39, 0.29) is 12.1 Å². The van der Waals surface area contributed by atoms with Gasteiger partial charge in [0.2, 0.25) is 0 Å². The van der Waals surface area contributed by atoms with Gasteiger partial charge in [-0.15, -0.1) is 0 Å². The van der Waals surface area contributed by atoms with E-state index < -0.39 is 11.6 Å². The van der Waals surface area contributed by atoms with Gasteiger partial charge in [0.25, 0.3) is 0 Å². The molecule has 0 saturated carbocycles. The molecule has 1 amide bonds. The Kier molecular flexibility index (Phi) is 5.35. The van der Waals surface area contributed by atoms with Crippen LogP contribution < -0.4 is 5.32 Å². The van der Waals surface area contributed by atoms with Crippen LogP contribution in [0.1, 0.15) is 27.7 Å². The molecule has 0 aromatic carbocycles. The predicted octanol–water partition coefficient (Wildman–Crippen LogP) is 0.787. The minimum atomic E-state index is -0.529. The van der Waals surface area contributed by atoms with Crippen molar-refractivity contribution >= 4 is 17.9 Å². The lowest BCUT2D eigenvalue weighted by molar-refractivity contribution is -0.142. The summed E-state index contributed by atoms with van der Waals surface area (Å²) in [6.45, 7) is 8.43. The van der Waals surface area contributed by atoms with Gasteiger partial charge in [-0.25, -0.2) is 9.59 Å². The number of carbonyl (C=O) groups excluding carboxylic acids is 2. The van der Waals surface area contributed by atoms with Crippen LogP contribution in [-0.2, 0) is 14.3 Å². The van der Waals surface area contributed by atoms with Crippen LogP contribution in [0.3, 0.4) is 0 Å². The fourth-order valence-corrected chi connectivity index (χ4v) is 1.67. The van der Waals surface area contributed by atoms with E-state index in [1.54, 1.807) is 11.8 Å². The molecular weight excluding hydrogens is 262 g/mol. The van der Waals surface area contributed by atoms with E-state index in [0.29, 0.717) is 25.5 Å². The first-order valence-corrected chi connectivity index (χ1v) is 6.58. The number of rotatable bonds is 2. The van der Waals surface area contributed by atoms with Crippen molar-refractivity contribution in [3.8, 4) is 0 Å². The number of methoxy groups -OCH3 is 1. The summed E-state index contributed by atoms with van der Waals surface area (Å²) in [6, 6.07) is -0.502. The van der Waals surface area contributed by atoms with Crippen molar-refractivity contribution in [1.29, 1.82) is 0 Å². The van der Waals surface area contributed by atoms with Gasteiger partial charge in [-0.3, -0.25) is 9.89 Å². The molecule has 114 valence electrons. The van der Waals surface area contributed by atoms with Crippen LogP contribution in [-0.4, -0.2) is 61.2 Å². The van der Waals surface area contributed by atoms with Crippen molar-refractivity contribution in [3.63, 3.8) is 0 Å². The highest BCUT2D eigenvalue weighted by Crippen LogP contribution is 2.11. The first-order valence-electron chi connectivity index (χ1n) is 6.58. The second-order valence-corrected chi connectivity index (χ2v) is 5.62. The molecule has 1 aliphatic heterocycles. The summed E-state index contributed by atoms with van der Waals surface area (Å²) in [5.74, 6) is 0.210. The Bertz CT molecular complexity index is 401. The zero-order valence-electron chi connectivity index (χ0n) is 12.7. The van der Waals surface area contributed by atoms with E-state index in [9.17, 15) is 9.59 Å². The summed E-state index contributed by atoms with van der Waals surface area (Å²) >= 11 is 0. The SMILES string of the molecule is COC(=O)C(C)NC1=NCCN(C(=O)OC(C)(C)C)C1. The molecule has 0 aromatic heterocycles. The monoisotopic (exact) mass is 285 g/mol. The molecule has 1 rings (SSSR count). The lowest BCUT2D eigenvalue weighted by Gasteiger charge is -2.30. The van der Waals surface area contributed by atoms with Gasteiger partial charge in [-0.2, -0.15) is 0 Å². The van der Waals surface area contributed by atoms with E-state index in [1.807, 2.05) is 20.8 Å². The summed E-state index contributed by atoms with van der Waals surface area (Å²) in [5.41, 5.74) is -0.529. The molecule has 7 nitrogen and oxygen atoms in total. The number of hydrogen-bond donors (Lipinski definition) is 1. The number of amidine groups is 1. The molecule has 0 saturated heterocycles. The predicted molar refractivity (Wildman–Crippen MR) is 74.7 cm³/mol. The highest BCUT2D eigenvalue weighted by Gasteiger charge is 2.26. The average Bonchev–Trinajstić information content (AvgIpc) is 2.36. The molecule has 0 fully saturated rings. The lowest BCUT2D eigenvalue weighted by atomic mass is 10.2. The summed E-state index contributed by atoms with van der Waals surface area (Å²) in [4.78, 5) is 29.1. The number of aliphatic imine (C=N–C) groups is 1. The maximum absolute atomic E-state index is 12.0. The number of nitrogens with zero attached hydrogens (tertiary/aromatic N) is 2. The van der Waals surface area contributed by atoms with Crippen LogP contribution >= 0.6 is 0 Å².